The van der Waals surface area contributed by atoms with Crippen LogP contribution in [0.3, 0.4) is 0 Å². The predicted molar refractivity (Wildman–Crippen MR) is 80.6 cm³/mol. The zero-order valence-corrected chi connectivity index (χ0v) is 12.9. The van der Waals surface area contributed by atoms with Crippen LogP contribution in [0.4, 0.5) is 0 Å². The Morgan fingerprint density at radius 3 is 2.79 bits per heavy atom. The van der Waals surface area contributed by atoms with Crippen LogP contribution in [0.5, 0.6) is 0 Å². The van der Waals surface area contributed by atoms with E-state index in [4.69, 9.17) is 4.74 Å². The molecule has 0 aromatic heterocycles. The maximum atomic E-state index is 5.89. The fourth-order valence-corrected chi connectivity index (χ4v) is 3.61. The third-order valence-corrected chi connectivity index (χ3v) is 4.74. The van der Waals surface area contributed by atoms with Crippen molar-refractivity contribution in [3.05, 3.63) is 0 Å². The molecule has 0 radical (unpaired) electrons. The Morgan fingerprint density at radius 2 is 2.11 bits per heavy atom. The Labute approximate surface area is 119 Å². The molecule has 1 N–H and O–H groups in total. The second-order valence-corrected chi connectivity index (χ2v) is 6.19. The molecule has 2 heterocycles. The zero-order valence-electron chi connectivity index (χ0n) is 12.9. The summed E-state index contributed by atoms with van der Waals surface area (Å²) in [5, 5.41) is 3.69. The second kappa shape index (κ2) is 8.23. The van der Waals surface area contributed by atoms with E-state index in [9.17, 15) is 0 Å². The first kappa shape index (κ1) is 15.3. The lowest BCUT2D eigenvalue weighted by atomic mass is 9.97. The summed E-state index contributed by atoms with van der Waals surface area (Å²) in [5.41, 5.74) is 0. The van der Waals surface area contributed by atoms with Gasteiger partial charge in [-0.05, 0) is 45.2 Å². The number of rotatable bonds is 6. The van der Waals surface area contributed by atoms with Crippen molar-refractivity contribution in [3.63, 3.8) is 0 Å². The molecule has 2 rings (SSSR count). The van der Waals surface area contributed by atoms with Gasteiger partial charge in [0.15, 0.2) is 0 Å². The second-order valence-electron chi connectivity index (χ2n) is 6.19. The molecule has 2 aliphatic heterocycles. The SMILES string of the molecule is CCCC1CC(N(CC)CC2CCCCN2)CCO1. The van der Waals surface area contributed by atoms with Gasteiger partial charge < -0.3 is 10.1 Å². The first-order chi connectivity index (χ1) is 9.33. The van der Waals surface area contributed by atoms with Crippen molar-refractivity contribution in [1.29, 1.82) is 0 Å². The van der Waals surface area contributed by atoms with Crippen LogP contribution in [-0.4, -0.2) is 49.3 Å². The summed E-state index contributed by atoms with van der Waals surface area (Å²) in [5.74, 6) is 0. The minimum atomic E-state index is 0.511. The van der Waals surface area contributed by atoms with E-state index in [0.717, 1.165) is 18.7 Å². The first-order valence-electron chi connectivity index (χ1n) is 8.42. The highest BCUT2D eigenvalue weighted by atomic mass is 16.5. The quantitative estimate of drug-likeness (QED) is 0.801. The van der Waals surface area contributed by atoms with Gasteiger partial charge >= 0.3 is 0 Å². The van der Waals surface area contributed by atoms with Crippen LogP contribution in [0.25, 0.3) is 0 Å². The van der Waals surface area contributed by atoms with Gasteiger partial charge in [-0.3, -0.25) is 4.90 Å². The molecule has 0 aromatic rings. The van der Waals surface area contributed by atoms with Crippen molar-refractivity contribution in [2.45, 2.75) is 77.0 Å². The fraction of sp³-hybridized carbons (Fsp3) is 1.00. The molecule has 2 aliphatic rings. The summed E-state index contributed by atoms with van der Waals surface area (Å²) in [6.45, 7) is 9.17. The highest BCUT2D eigenvalue weighted by Gasteiger charge is 2.27. The maximum Gasteiger partial charge on any atom is 0.0590 e. The molecule has 2 saturated heterocycles. The largest absolute Gasteiger partial charge is 0.378 e. The van der Waals surface area contributed by atoms with Crippen molar-refractivity contribution < 1.29 is 4.74 Å². The van der Waals surface area contributed by atoms with Crippen LogP contribution < -0.4 is 5.32 Å². The van der Waals surface area contributed by atoms with Gasteiger partial charge in [0.25, 0.3) is 0 Å². The summed E-state index contributed by atoms with van der Waals surface area (Å²) in [6.07, 6.45) is 9.58. The summed E-state index contributed by atoms with van der Waals surface area (Å²) < 4.78 is 5.89. The van der Waals surface area contributed by atoms with Crippen molar-refractivity contribution >= 4 is 0 Å². The number of hydrogen-bond acceptors (Lipinski definition) is 3. The summed E-state index contributed by atoms with van der Waals surface area (Å²) in [4.78, 5) is 2.70. The Morgan fingerprint density at radius 1 is 1.21 bits per heavy atom. The normalized spacial score (nSPS) is 32.7. The van der Waals surface area contributed by atoms with Gasteiger partial charge in [0, 0.05) is 25.2 Å². The minimum absolute atomic E-state index is 0.511. The average molecular weight is 268 g/mol. The molecule has 19 heavy (non-hydrogen) atoms. The molecule has 0 spiro atoms. The molecule has 2 fully saturated rings. The fourth-order valence-electron chi connectivity index (χ4n) is 3.61. The standard InChI is InChI=1S/C16H32N2O/c1-3-7-16-12-15(9-11-19-16)18(4-2)13-14-8-5-6-10-17-14/h14-17H,3-13H2,1-2H3. The average Bonchev–Trinajstić information content (AvgIpc) is 2.46. The Balaban J connectivity index is 1.81. The van der Waals surface area contributed by atoms with E-state index >= 15 is 0 Å². The molecule has 0 aliphatic carbocycles. The van der Waals surface area contributed by atoms with Gasteiger partial charge in [0.05, 0.1) is 6.10 Å². The number of nitrogens with zero attached hydrogens (tertiary/aromatic N) is 1. The van der Waals surface area contributed by atoms with E-state index in [1.807, 2.05) is 0 Å². The van der Waals surface area contributed by atoms with E-state index < -0.39 is 0 Å². The lowest BCUT2D eigenvalue weighted by Gasteiger charge is -2.39. The van der Waals surface area contributed by atoms with Gasteiger partial charge in [-0.15, -0.1) is 0 Å². The van der Waals surface area contributed by atoms with E-state index in [0.29, 0.717) is 6.10 Å². The van der Waals surface area contributed by atoms with Crippen LogP contribution in [0.15, 0.2) is 0 Å². The third-order valence-electron chi connectivity index (χ3n) is 4.74. The molecular formula is C16H32N2O. The smallest absolute Gasteiger partial charge is 0.0590 e. The molecule has 0 bridgehead atoms. The molecular weight excluding hydrogens is 236 g/mol. The highest BCUT2D eigenvalue weighted by molar-refractivity contribution is 4.83. The van der Waals surface area contributed by atoms with Gasteiger partial charge in [-0.2, -0.15) is 0 Å². The van der Waals surface area contributed by atoms with Crippen LogP contribution in [0.1, 0.15) is 58.8 Å². The number of ether oxygens (including phenoxy) is 1. The Hall–Kier alpha value is -0.120. The number of hydrogen-bond donors (Lipinski definition) is 1. The van der Waals surface area contributed by atoms with E-state index in [-0.39, 0.29) is 0 Å². The third kappa shape index (κ3) is 4.73. The minimum Gasteiger partial charge on any atom is -0.378 e. The highest BCUT2D eigenvalue weighted by Crippen LogP contribution is 2.23. The van der Waals surface area contributed by atoms with Gasteiger partial charge in [0.2, 0.25) is 0 Å². The first-order valence-corrected chi connectivity index (χ1v) is 8.42. The van der Waals surface area contributed by atoms with E-state index in [2.05, 4.69) is 24.1 Å². The molecule has 3 atom stereocenters. The van der Waals surface area contributed by atoms with Crippen LogP contribution in [-0.2, 0) is 4.74 Å². The van der Waals surface area contributed by atoms with Crippen LogP contribution in [0, 0.1) is 0 Å². The lowest BCUT2D eigenvalue weighted by molar-refractivity contribution is -0.0318. The molecule has 3 heteroatoms. The molecule has 0 saturated carbocycles. The van der Waals surface area contributed by atoms with Crippen LogP contribution >= 0.6 is 0 Å². The Bertz CT molecular complexity index is 239. The zero-order chi connectivity index (χ0) is 13.5. The van der Waals surface area contributed by atoms with Crippen molar-refractivity contribution in [1.82, 2.24) is 10.2 Å². The summed E-state index contributed by atoms with van der Waals surface area (Å²) >= 11 is 0. The van der Waals surface area contributed by atoms with Crippen molar-refractivity contribution in [2.75, 3.05) is 26.2 Å². The lowest BCUT2D eigenvalue weighted by Crippen LogP contribution is -2.49. The monoisotopic (exact) mass is 268 g/mol. The van der Waals surface area contributed by atoms with E-state index in [1.165, 1.54) is 64.6 Å². The predicted octanol–water partition coefficient (Wildman–Crippen LogP) is 2.80. The Kier molecular flexibility index (Phi) is 6.62. The van der Waals surface area contributed by atoms with Crippen molar-refractivity contribution in [2.24, 2.45) is 0 Å². The number of piperidine rings is 1. The van der Waals surface area contributed by atoms with Gasteiger partial charge in [-0.25, -0.2) is 0 Å². The molecule has 3 unspecified atom stereocenters. The van der Waals surface area contributed by atoms with Crippen molar-refractivity contribution in [3.8, 4) is 0 Å². The van der Waals surface area contributed by atoms with Gasteiger partial charge in [0.1, 0.15) is 0 Å². The maximum absolute atomic E-state index is 5.89. The summed E-state index contributed by atoms with van der Waals surface area (Å²) in [7, 11) is 0. The summed E-state index contributed by atoms with van der Waals surface area (Å²) in [6, 6.07) is 1.47. The topological polar surface area (TPSA) is 24.5 Å². The van der Waals surface area contributed by atoms with E-state index in [1.54, 1.807) is 0 Å². The molecule has 3 nitrogen and oxygen atoms in total. The molecule has 0 amide bonds. The van der Waals surface area contributed by atoms with Crippen LogP contribution in [0.2, 0.25) is 0 Å². The molecule has 0 aromatic carbocycles. The number of likely N-dealkylation sites (N-methyl/N-ethyl adjacent to an activating group) is 1. The number of nitrogens with one attached hydrogen (secondary N) is 1. The van der Waals surface area contributed by atoms with Gasteiger partial charge in [-0.1, -0.05) is 26.7 Å². The molecule has 112 valence electrons.